The number of ether oxygens (including phenoxy) is 1. The van der Waals surface area contributed by atoms with E-state index in [1.54, 1.807) is 12.5 Å². The SMILES string of the molecule is CNC1CCC(C2C[C@@]3(C)C(CCC3(OC(C)=O)C(C)=O)C3CCC4=CC(=O)CCC4=C23)CC1. The van der Waals surface area contributed by atoms with Crippen LogP contribution in [0.4, 0.5) is 0 Å². The van der Waals surface area contributed by atoms with Crippen LogP contribution < -0.4 is 5.32 Å². The zero-order valence-corrected chi connectivity index (χ0v) is 21.4. The van der Waals surface area contributed by atoms with Gasteiger partial charge >= 0.3 is 5.97 Å². The number of carbonyl (C=O) groups excluding carboxylic acids is 3. The highest BCUT2D eigenvalue weighted by Crippen LogP contribution is 2.67. The fourth-order valence-electron chi connectivity index (χ4n) is 9.01. The Morgan fingerprint density at radius 1 is 1.00 bits per heavy atom. The number of rotatable bonds is 4. The molecule has 0 amide bonds. The van der Waals surface area contributed by atoms with Crippen molar-refractivity contribution in [1.82, 2.24) is 5.32 Å². The lowest BCUT2D eigenvalue weighted by Crippen LogP contribution is -2.58. The molecule has 34 heavy (non-hydrogen) atoms. The van der Waals surface area contributed by atoms with Gasteiger partial charge in [-0.3, -0.25) is 14.4 Å². The van der Waals surface area contributed by atoms with E-state index >= 15 is 0 Å². The first-order chi connectivity index (χ1) is 16.2. The fourth-order valence-corrected chi connectivity index (χ4v) is 9.01. The van der Waals surface area contributed by atoms with Gasteiger partial charge < -0.3 is 10.1 Å². The molecule has 0 radical (unpaired) electrons. The Balaban J connectivity index is 1.61. The summed E-state index contributed by atoms with van der Waals surface area (Å²) in [7, 11) is 2.06. The van der Waals surface area contributed by atoms with E-state index in [0.717, 1.165) is 32.1 Å². The third kappa shape index (κ3) is 3.56. The monoisotopic (exact) mass is 467 g/mol. The molecule has 1 N–H and O–H groups in total. The average Bonchev–Trinajstić information content (AvgIpc) is 3.10. The van der Waals surface area contributed by atoms with Crippen LogP contribution in [-0.4, -0.2) is 36.2 Å². The third-order valence-electron chi connectivity index (χ3n) is 10.5. The first kappa shape index (κ1) is 24.0. The number of fused-ring (bicyclic) bond motifs is 4. The van der Waals surface area contributed by atoms with Gasteiger partial charge in [-0.15, -0.1) is 0 Å². The quantitative estimate of drug-likeness (QED) is 0.583. The van der Waals surface area contributed by atoms with Gasteiger partial charge in [0.05, 0.1) is 0 Å². The van der Waals surface area contributed by atoms with Crippen molar-refractivity contribution in [1.29, 1.82) is 0 Å². The zero-order chi connectivity index (χ0) is 24.3. The highest BCUT2D eigenvalue weighted by atomic mass is 16.6. The van der Waals surface area contributed by atoms with E-state index in [9.17, 15) is 14.4 Å². The summed E-state index contributed by atoms with van der Waals surface area (Å²) in [5, 5.41) is 3.47. The molecule has 0 aliphatic heterocycles. The van der Waals surface area contributed by atoms with E-state index in [-0.39, 0.29) is 23.0 Å². The summed E-state index contributed by atoms with van der Waals surface area (Å²) < 4.78 is 6.03. The van der Waals surface area contributed by atoms with Gasteiger partial charge in [0.25, 0.3) is 0 Å². The minimum absolute atomic E-state index is 0.0149. The molecule has 0 saturated heterocycles. The maximum Gasteiger partial charge on any atom is 0.303 e. The first-order valence-electron chi connectivity index (χ1n) is 13.5. The van der Waals surface area contributed by atoms with E-state index in [1.165, 1.54) is 43.8 Å². The number of hydrogen-bond donors (Lipinski definition) is 1. The Bertz CT molecular complexity index is 955. The second-order valence-electron chi connectivity index (χ2n) is 12.0. The van der Waals surface area contributed by atoms with Crippen LogP contribution in [0.25, 0.3) is 0 Å². The summed E-state index contributed by atoms with van der Waals surface area (Å²) >= 11 is 0. The van der Waals surface area contributed by atoms with E-state index in [0.29, 0.717) is 42.6 Å². The van der Waals surface area contributed by atoms with Gasteiger partial charge in [0.15, 0.2) is 17.2 Å². The molecule has 0 heterocycles. The van der Waals surface area contributed by atoms with Gasteiger partial charge in [-0.1, -0.05) is 12.5 Å². The second-order valence-corrected chi connectivity index (χ2v) is 12.0. The summed E-state index contributed by atoms with van der Waals surface area (Å²) in [4.78, 5) is 37.7. The number of ketones is 2. The van der Waals surface area contributed by atoms with E-state index in [2.05, 4.69) is 19.3 Å². The molecule has 0 aromatic heterocycles. The van der Waals surface area contributed by atoms with Gasteiger partial charge in [0.2, 0.25) is 0 Å². The van der Waals surface area contributed by atoms with Crippen molar-refractivity contribution in [3.05, 3.63) is 22.8 Å². The molecule has 3 fully saturated rings. The average molecular weight is 468 g/mol. The highest BCUT2D eigenvalue weighted by Gasteiger charge is 2.67. The molecule has 4 unspecified atom stereocenters. The van der Waals surface area contributed by atoms with Gasteiger partial charge in [0, 0.05) is 24.8 Å². The molecule has 3 saturated carbocycles. The normalized spacial score (nSPS) is 41.8. The molecule has 5 aliphatic carbocycles. The van der Waals surface area contributed by atoms with Crippen molar-refractivity contribution >= 4 is 17.5 Å². The van der Waals surface area contributed by atoms with Gasteiger partial charge in [-0.05, 0) is 119 Å². The zero-order valence-electron chi connectivity index (χ0n) is 21.4. The number of esters is 1. The standard InChI is InChI=1S/C29H41NO4/c1-17(31)29(34-18(2)32)14-13-26-24-11-7-20-15-22(33)10-12-23(20)27(24)25(16-28(26,29)3)19-5-8-21(30-4)9-6-19/h15,19,21,24-26,30H,5-14,16H2,1-4H3/t19?,21?,24?,25?,26?,28-,29?/m0/s1. The first-order valence-corrected chi connectivity index (χ1v) is 13.5. The lowest BCUT2D eigenvalue weighted by molar-refractivity contribution is -0.184. The van der Waals surface area contributed by atoms with Crippen molar-refractivity contribution in [3.63, 3.8) is 0 Å². The molecule has 0 bridgehead atoms. The number of allylic oxidation sites excluding steroid dienone is 4. The number of nitrogens with one attached hydrogen (secondary N) is 1. The van der Waals surface area contributed by atoms with Crippen LogP contribution in [0.3, 0.4) is 0 Å². The van der Waals surface area contributed by atoms with Crippen LogP contribution in [0.5, 0.6) is 0 Å². The van der Waals surface area contributed by atoms with Crippen LogP contribution in [0.2, 0.25) is 0 Å². The molecule has 0 spiro atoms. The topological polar surface area (TPSA) is 72.5 Å². The van der Waals surface area contributed by atoms with Crippen LogP contribution in [0, 0.1) is 29.1 Å². The predicted molar refractivity (Wildman–Crippen MR) is 131 cm³/mol. The lowest BCUT2D eigenvalue weighted by atomic mass is 9.49. The Morgan fingerprint density at radius 3 is 2.38 bits per heavy atom. The molecule has 5 rings (SSSR count). The maximum absolute atomic E-state index is 13.2. The number of carbonyl (C=O) groups is 3. The smallest absolute Gasteiger partial charge is 0.303 e. The molecular formula is C29H41NO4. The summed E-state index contributed by atoms with van der Waals surface area (Å²) in [6, 6.07) is 0.592. The molecule has 5 nitrogen and oxygen atoms in total. The van der Waals surface area contributed by atoms with Crippen LogP contribution >= 0.6 is 0 Å². The Hall–Kier alpha value is -1.75. The van der Waals surface area contributed by atoms with Crippen LogP contribution in [-0.2, 0) is 19.1 Å². The Kier molecular flexibility index (Phi) is 6.15. The van der Waals surface area contributed by atoms with Gasteiger partial charge in [-0.2, -0.15) is 0 Å². The molecule has 0 aromatic rings. The number of hydrogen-bond acceptors (Lipinski definition) is 5. The highest BCUT2D eigenvalue weighted by molar-refractivity contribution is 5.93. The largest absolute Gasteiger partial charge is 0.451 e. The van der Waals surface area contributed by atoms with Gasteiger partial charge in [-0.25, -0.2) is 0 Å². The third-order valence-corrected chi connectivity index (χ3v) is 10.5. The summed E-state index contributed by atoms with van der Waals surface area (Å²) in [6.45, 7) is 5.34. The molecule has 0 aromatic carbocycles. The lowest BCUT2D eigenvalue weighted by Gasteiger charge is -2.56. The minimum Gasteiger partial charge on any atom is -0.451 e. The molecule has 5 atom stereocenters. The van der Waals surface area contributed by atoms with Crippen LogP contribution in [0.1, 0.15) is 91.4 Å². The van der Waals surface area contributed by atoms with Crippen molar-refractivity contribution in [2.75, 3.05) is 7.05 Å². The molecule has 5 heteroatoms. The number of Topliss-reactive ketones (excluding diaryl/α,β-unsaturated/α-hetero) is 1. The van der Waals surface area contributed by atoms with E-state index in [1.807, 2.05) is 6.08 Å². The summed E-state index contributed by atoms with van der Waals surface area (Å²) in [6.07, 6.45) is 12.7. The molecule has 5 aliphatic rings. The fraction of sp³-hybridized carbons (Fsp3) is 0.759. The molecular weight excluding hydrogens is 426 g/mol. The second kappa shape index (κ2) is 8.72. The maximum atomic E-state index is 13.2. The summed E-state index contributed by atoms with van der Waals surface area (Å²) in [5.74, 6) is 1.73. The van der Waals surface area contributed by atoms with Crippen molar-refractivity contribution < 1.29 is 19.1 Å². The van der Waals surface area contributed by atoms with Crippen LogP contribution in [0.15, 0.2) is 22.8 Å². The Labute approximate surface area is 204 Å². The Morgan fingerprint density at radius 2 is 1.74 bits per heavy atom. The van der Waals surface area contributed by atoms with Crippen molar-refractivity contribution in [3.8, 4) is 0 Å². The van der Waals surface area contributed by atoms with E-state index < -0.39 is 5.60 Å². The van der Waals surface area contributed by atoms with Crippen molar-refractivity contribution in [2.24, 2.45) is 29.1 Å². The molecule has 186 valence electrons. The van der Waals surface area contributed by atoms with Crippen molar-refractivity contribution in [2.45, 2.75) is 103 Å². The minimum atomic E-state index is -1.00. The van der Waals surface area contributed by atoms with Gasteiger partial charge in [0.1, 0.15) is 0 Å². The summed E-state index contributed by atoms with van der Waals surface area (Å²) in [5.41, 5.74) is 3.05. The predicted octanol–water partition coefficient (Wildman–Crippen LogP) is 5.09. The van der Waals surface area contributed by atoms with E-state index in [4.69, 9.17) is 4.74 Å².